The van der Waals surface area contributed by atoms with E-state index in [0.29, 0.717) is 6.04 Å². The molecule has 0 spiro atoms. The summed E-state index contributed by atoms with van der Waals surface area (Å²) in [5.74, 6) is 0.355. The Morgan fingerprint density at radius 1 is 1.50 bits per heavy atom. The predicted octanol–water partition coefficient (Wildman–Crippen LogP) is 4.87. The van der Waals surface area contributed by atoms with Crippen molar-refractivity contribution >= 4 is 18.2 Å². The van der Waals surface area contributed by atoms with Gasteiger partial charge in [-0.25, -0.2) is 9.98 Å². The smallest absolute Gasteiger partial charge is 0.185 e. The second kappa shape index (κ2) is 10.0. The van der Waals surface area contributed by atoms with Crippen molar-refractivity contribution in [3.05, 3.63) is 54.3 Å². The zero-order chi connectivity index (χ0) is 18.9. The summed E-state index contributed by atoms with van der Waals surface area (Å²) in [5, 5.41) is 0. The van der Waals surface area contributed by atoms with E-state index in [-0.39, 0.29) is 0 Å². The third-order valence-corrected chi connectivity index (χ3v) is 4.52. The first kappa shape index (κ1) is 20.0. The van der Waals surface area contributed by atoms with Crippen molar-refractivity contribution in [1.82, 2.24) is 14.5 Å². The van der Waals surface area contributed by atoms with Gasteiger partial charge in [-0.3, -0.25) is 0 Å². The Bertz CT molecular complexity index is 720. The molecule has 0 amide bonds. The second-order valence-electron chi connectivity index (χ2n) is 6.55. The standard InChI is InChI=1S/C21H29FN4/c1-5-12-26-16-20(11-14-25-13-7-8-17(25)3)24-21(26)10-9-19(6-2)15-23-18(4)22/h5-6,9-10,12,15-17H,2,7-8,11,13-14H2,1,3-4H3/b10-9+,12-5-,19-15+,23-18?/t17-/m1/s1. The molecule has 1 aromatic rings. The number of rotatable bonds is 8. The Morgan fingerprint density at radius 3 is 2.92 bits per heavy atom. The van der Waals surface area contributed by atoms with Crippen LogP contribution in [0.5, 0.6) is 0 Å². The fraction of sp³-hybridized carbons (Fsp3) is 0.429. The molecular formula is C21H29FN4. The van der Waals surface area contributed by atoms with E-state index in [1.54, 1.807) is 6.08 Å². The summed E-state index contributed by atoms with van der Waals surface area (Å²) in [6.07, 6.45) is 16.4. The van der Waals surface area contributed by atoms with Crippen molar-refractivity contribution in [3.63, 3.8) is 0 Å². The minimum absolute atomic E-state index is 0.480. The lowest BCUT2D eigenvalue weighted by Crippen LogP contribution is -2.29. The zero-order valence-electron chi connectivity index (χ0n) is 16.0. The summed E-state index contributed by atoms with van der Waals surface area (Å²) < 4.78 is 14.8. The molecule has 0 radical (unpaired) electrons. The summed E-state index contributed by atoms with van der Waals surface area (Å²) in [7, 11) is 0. The van der Waals surface area contributed by atoms with E-state index in [0.717, 1.165) is 30.1 Å². The molecule has 0 aliphatic carbocycles. The highest BCUT2D eigenvalue weighted by Crippen LogP contribution is 2.17. The number of hydrogen-bond acceptors (Lipinski definition) is 3. The molecular weight excluding hydrogens is 327 g/mol. The molecule has 26 heavy (non-hydrogen) atoms. The summed E-state index contributed by atoms with van der Waals surface area (Å²) >= 11 is 0. The molecule has 1 saturated heterocycles. The molecule has 1 aromatic heterocycles. The van der Waals surface area contributed by atoms with Gasteiger partial charge in [0.15, 0.2) is 5.97 Å². The Kier molecular flexibility index (Phi) is 7.73. The van der Waals surface area contributed by atoms with Gasteiger partial charge in [-0.2, -0.15) is 4.39 Å². The monoisotopic (exact) mass is 356 g/mol. The number of nitrogens with zero attached hydrogens (tertiary/aromatic N) is 4. The average molecular weight is 356 g/mol. The molecule has 2 rings (SSSR count). The number of aliphatic imine (C=N–C) groups is 1. The highest BCUT2D eigenvalue weighted by molar-refractivity contribution is 5.72. The van der Waals surface area contributed by atoms with Crippen molar-refractivity contribution < 1.29 is 4.39 Å². The van der Waals surface area contributed by atoms with E-state index in [1.807, 2.05) is 35.9 Å². The first-order valence-corrected chi connectivity index (χ1v) is 9.18. The summed E-state index contributed by atoms with van der Waals surface area (Å²) in [5.41, 5.74) is 1.80. The Morgan fingerprint density at radius 2 is 2.31 bits per heavy atom. The molecule has 0 aromatic carbocycles. The van der Waals surface area contributed by atoms with Gasteiger partial charge in [0.05, 0.1) is 5.69 Å². The van der Waals surface area contributed by atoms with E-state index < -0.39 is 5.97 Å². The number of imidazole rings is 1. The van der Waals surface area contributed by atoms with Crippen LogP contribution in [0.25, 0.3) is 12.3 Å². The molecule has 1 aliphatic heterocycles. The van der Waals surface area contributed by atoms with E-state index in [2.05, 4.69) is 29.6 Å². The summed E-state index contributed by atoms with van der Waals surface area (Å²) in [4.78, 5) is 10.9. The largest absolute Gasteiger partial charge is 0.307 e. The predicted molar refractivity (Wildman–Crippen MR) is 109 cm³/mol. The molecule has 2 heterocycles. The minimum Gasteiger partial charge on any atom is -0.307 e. The maximum Gasteiger partial charge on any atom is 0.185 e. The lowest BCUT2D eigenvalue weighted by Gasteiger charge is -2.19. The SMILES string of the molecule is C=CC(/C=C/c1nc(CCN2CCC[C@H]2C)cn1/C=C\C)=C\N=C(C)F. The molecule has 0 unspecified atom stereocenters. The minimum atomic E-state index is -0.480. The third kappa shape index (κ3) is 5.92. The molecule has 4 nitrogen and oxygen atoms in total. The molecule has 1 fully saturated rings. The molecule has 0 N–H and O–H groups in total. The van der Waals surface area contributed by atoms with Crippen LogP contribution in [0.4, 0.5) is 4.39 Å². The fourth-order valence-corrected chi connectivity index (χ4v) is 3.07. The van der Waals surface area contributed by atoms with Gasteiger partial charge in [-0.05, 0) is 51.0 Å². The highest BCUT2D eigenvalue weighted by Gasteiger charge is 2.19. The normalized spacial score (nSPS) is 19.9. The van der Waals surface area contributed by atoms with E-state index in [1.165, 1.54) is 32.5 Å². The van der Waals surface area contributed by atoms with Crippen LogP contribution in [-0.4, -0.2) is 39.5 Å². The number of aromatic nitrogens is 2. The van der Waals surface area contributed by atoms with E-state index >= 15 is 0 Å². The van der Waals surface area contributed by atoms with Gasteiger partial charge in [0.2, 0.25) is 0 Å². The van der Waals surface area contributed by atoms with Crippen LogP contribution in [0, 0.1) is 0 Å². The number of hydrogen-bond donors (Lipinski definition) is 0. The van der Waals surface area contributed by atoms with Crippen LogP contribution in [0.3, 0.4) is 0 Å². The Hall–Kier alpha value is -2.27. The second-order valence-corrected chi connectivity index (χ2v) is 6.55. The van der Waals surface area contributed by atoms with Crippen molar-refractivity contribution in [3.8, 4) is 0 Å². The van der Waals surface area contributed by atoms with Gasteiger partial charge in [-0.15, -0.1) is 0 Å². The van der Waals surface area contributed by atoms with Crippen LogP contribution in [0.2, 0.25) is 0 Å². The molecule has 0 bridgehead atoms. The lowest BCUT2D eigenvalue weighted by molar-refractivity contribution is 0.271. The fourth-order valence-electron chi connectivity index (χ4n) is 3.07. The maximum atomic E-state index is 12.8. The Labute approximate surface area is 156 Å². The van der Waals surface area contributed by atoms with Crippen LogP contribution < -0.4 is 0 Å². The van der Waals surface area contributed by atoms with Crippen molar-refractivity contribution in [2.45, 2.75) is 46.1 Å². The summed E-state index contributed by atoms with van der Waals surface area (Å²) in [6.45, 7) is 11.6. The van der Waals surface area contributed by atoms with E-state index in [4.69, 9.17) is 4.98 Å². The van der Waals surface area contributed by atoms with Gasteiger partial charge >= 0.3 is 0 Å². The van der Waals surface area contributed by atoms with Gasteiger partial charge in [0.25, 0.3) is 0 Å². The number of allylic oxidation sites excluding steroid dienone is 4. The first-order valence-electron chi connectivity index (χ1n) is 9.18. The van der Waals surface area contributed by atoms with Gasteiger partial charge in [-0.1, -0.05) is 18.7 Å². The zero-order valence-corrected chi connectivity index (χ0v) is 16.0. The molecule has 140 valence electrons. The molecule has 1 aliphatic rings. The molecule has 0 saturated carbocycles. The van der Waals surface area contributed by atoms with E-state index in [9.17, 15) is 4.39 Å². The highest BCUT2D eigenvalue weighted by atomic mass is 19.1. The van der Waals surface area contributed by atoms with Gasteiger partial charge < -0.3 is 9.47 Å². The molecule has 1 atom stereocenters. The topological polar surface area (TPSA) is 33.4 Å². The van der Waals surface area contributed by atoms with Crippen molar-refractivity contribution in [1.29, 1.82) is 0 Å². The quantitative estimate of drug-likeness (QED) is 0.492. The first-order chi connectivity index (χ1) is 12.5. The average Bonchev–Trinajstić information content (AvgIpc) is 3.19. The third-order valence-electron chi connectivity index (χ3n) is 4.52. The number of halogens is 1. The summed E-state index contributed by atoms with van der Waals surface area (Å²) in [6, 6.07) is 0.673. The lowest BCUT2D eigenvalue weighted by atomic mass is 10.2. The van der Waals surface area contributed by atoms with Crippen molar-refractivity contribution in [2.75, 3.05) is 13.1 Å². The number of likely N-dealkylation sites (tertiary alicyclic amines) is 1. The van der Waals surface area contributed by atoms with Crippen molar-refractivity contribution in [2.24, 2.45) is 4.99 Å². The maximum absolute atomic E-state index is 12.8. The van der Waals surface area contributed by atoms with Crippen LogP contribution >= 0.6 is 0 Å². The van der Waals surface area contributed by atoms with Gasteiger partial charge in [0.1, 0.15) is 5.82 Å². The molecule has 5 heteroatoms. The van der Waals surface area contributed by atoms with Crippen LogP contribution in [0.15, 0.2) is 47.8 Å². The van der Waals surface area contributed by atoms with Crippen LogP contribution in [0.1, 0.15) is 45.1 Å². The Balaban J connectivity index is 2.12. The van der Waals surface area contributed by atoms with Crippen LogP contribution in [-0.2, 0) is 6.42 Å². The van der Waals surface area contributed by atoms with Gasteiger partial charge in [0, 0.05) is 44.5 Å².